The number of nitrogens with zero attached hydrogens (tertiary/aromatic N) is 1. The van der Waals surface area contributed by atoms with Gasteiger partial charge in [-0.25, -0.2) is 4.98 Å². The van der Waals surface area contributed by atoms with E-state index >= 15 is 0 Å². The first-order valence-corrected chi connectivity index (χ1v) is 6.95. The second-order valence-electron chi connectivity index (χ2n) is 2.98. The molecule has 2 aromatic rings. The molecule has 0 aliphatic heterocycles. The minimum absolute atomic E-state index is 0.244. The second-order valence-corrected chi connectivity index (χ2v) is 6.39. The van der Waals surface area contributed by atoms with Gasteiger partial charge in [0.15, 0.2) is 0 Å². The van der Waals surface area contributed by atoms with Gasteiger partial charge in [-0.1, -0.05) is 0 Å². The Balaban J connectivity index is 2.16. The number of carbonyl (C=O) groups excluding carboxylic acids is 1. The molecule has 2 rings (SSSR count). The SMILES string of the molecule is COC(=O)Cc1nc(-c2ccc(Br)s2)cs1. The number of carbonyl (C=O) groups is 1. The van der Waals surface area contributed by atoms with Crippen molar-refractivity contribution in [1.29, 1.82) is 0 Å². The highest BCUT2D eigenvalue weighted by atomic mass is 79.9. The van der Waals surface area contributed by atoms with E-state index in [2.05, 4.69) is 25.7 Å². The molecular formula is C10H8BrNO2S2. The molecule has 0 saturated carbocycles. The molecular weight excluding hydrogens is 310 g/mol. The van der Waals surface area contributed by atoms with Gasteiger partial charge in [0.2, 0.25) is 0 Å². The largest absolute Gasteiger partial charge is 0.469 e. The van der Waals surface area contributed by atoms with Gasteiger partial charge in [-0.15, -0.1) is 22.7 Å². The average molecular weight is 318 g/mol. The summed E-state index contributed by atoms with van der Waals surface area (Å²) in [5.41, 5.74) is 0.916. The summed E-state index contributed by atoms with van der Waals surface area (Å²) >= 11 is 6.51. The molecule has 0 N–H and O–H groups in total. The van der Waals surface area contributed by atoms with Crippen LogP contribution in [-0.4, -0.2) is 18.1 Å². The number of methoxy groups -OCH3 is 1. The van der Waals surface area contributed by atoms with E-state index in [0.717, 1.165) is 19.4 Å². The number of thiophene rings is 1. The van der Waals surface area contributed by atoms with E-state index in [9.17, 15) is 4.79 Å². The van der Waals surface area contributed by atoms with E-state index in [4.69, 9.17) is 0 Å². The maximum Gasteiger partial charge on any atom is 0.312 e. The predicted octanol–water partition coefficient (Wildman–Crippen LogP) is 3.35. The van der Waals surface area contributed by atoms with Crippen LogP contribution in [0.4, 0.5) is 0 Å². The summed E-state index contributed by atoms with van der Waals surface area (Å²) in [7, 11) is 1.38. The molecule has 3 nitrogen and oxygen atoms in total. The van der Waals surface area contributed by atoms with Gasteiger partial charge in [0.05, 0.1) is 27.9 Å². The van der Waals surface area contributed by atoms with E-state index in [1.54, 1.807) is 11.3 Å². The molecule has 0 bridgehead atoms. The molecule has 0 atom stereocenters. The molecule has 2 heterocycles. The monoisotopic (exact) mass is 317 g/mol. The van der Waals surface area contributed by atoms with Crippen LogP contribution in [0.1, 0.15) is 5.01 Å². The van der Waals surface area contributed by atoms with E-state index < -0.39 is 0 Å². The van der Waals surface area contributed by atoms with Crippen LogP contribution < -0.4 is 0 Å². The lowest BCUT2D eigenvalue weighted by Gasteiger charge is -1.93. The number of hydrogen-bond acceptors (Lipinski definition) is 5. The van der Waals surface area contributed by atoms with Crippen LogP contribution in [0.15, 0.2) is 21.3 Å². The van der Waals surface area contributed by atoms with Crippen LogP contribution in [0.3, 0.4) is 0 Å². The third-order valence-electron chi connectivity index (χ3n) is 1.90. The van der Waals surface area contributed by atoms with Gasteiger partial charge in [-0.3, -0.25) is 4.79 Å². The fourth-order valence-corrected chi connectivity index (χ4v) is 3.35. The van der Waals surface area contributed by atoms with E-state index in [-0.39, 0.29) is 12.4 Å². The lowest BCUT2D eigenvalue weighted by molar-refractivity contribution is -0.139. The van der Waals surface area contributed by atoms with Crippen molar-refractivity contribution in [2.24, 2.45) is 0 Å². The molecule has 84 valence electrons. The Morgan fingerprint density at radius 1 is 1.56 bits per heavy atom. The number of aromatic nitrogens is 1. The number of ether oxygens (including phenoxy) is 1. The Bertz CT molecular complexity index is 506. The highest BCUT2D eigenvalue weighted by molar-refractivity contribution is 9.11. The molecule has 0 spiro atoms. The maximum atomic E-state index is 11.1. The molecule has 16 heavy (non-hydrogen) atoms. The summed E-state index contributed by atoms with van der Waals surface area (Å²) in [6.45, 7) is 0. The van der Waals surface area contributed by atoms with Crippen molar-refractivity contribution < 1.29 is 9.53 Å². The molecule has 2 aromatic heterocycles. The predicted molar refractivity (Wildman–Crippen MR) is 68.8 cm³/mol. The number of hydrogen-bond donors (Lipinski definition) is 0. The van der Waals surface area contributed by atoms with Crippen LogP contribution in [0.25, 0.3) is 10.6 Å². The molecule has 6 heteroatoms. The standard InChI is InChI=1S/C10H8BrNO2S2/c1-14-10(13)4-9-12-6(5-15-9)7-2-3-8(11)16-7/h2-3,5H,4H2,1H3. The molecule has 0 saturated heterocycles. The summed E-state index contributed by atoms with van der Waals surface area (Å²) in [5, 5.41) is 2.74. The summed E-state index contributed by atoms with van der Waals surface area (Å²) < 4.78 is 5.67. The highest BCUT2D eigenvalue weighted by Gasteiger charge is 2.10. The third-order valence-corrected chi connectivity index (χ3v) is 4.40. The molecule has 0 aliphatic rings. The van der Waals surface area contributed by atoms with E-state index in [1.807, 2.05) is 17.5 Å². The summed E-state index contributed by atoms with van der Waals surface area (Å²) in [4.78, 5) is 16.6. The Morgan fingerprint density at radius 2 is 2.38 bits per heavy atom. The van der Waals surface area contributed by atoms with Crippen molar-refractivity contribution in [3.05, 3.63) is 26.3 Å². The van der Waals surface area contributed by atoms with Crippen molar-refractivity contribution in [1.82, 2.24) is 4.98 Å². The van der Waals surface area contributed by atoms with Gasteiger partial charge in [-0.05, 0) is 28.1 Å². The third kappa shape index (κ3) is 2.69. The second kappa shape index (κ2) is 5.07. The minimum Gasteiger partial charge on any atom is -0.469 e. The fraction of sp³-hybridized carbons (Fsp3) is 0.200. The first-order chi connectivity index (χ1) is 7.69. The van der Waals surface area contributed by atoms with Crippen LogP contribution >= 0.6 is 38.6 Å². The molecule has 0 unspecified atom stereocenters. The Morgan fingerprint density at radius 3 is 3.00 bits per heavy atom. The maximum absolute atomic E-state index is 11.1. The normalized spacial score (nSPS) is 10.4. The van der Waals surface area contributed by atoms with Gasteiger partial charge in [0.1, 0.15) is 5.01 Å². The fourth-order valence-electron chi connectivity index (χ4n) is 1.15. The number of thiazole rings is 1. The minimum atomic E-state index is -0.256. The Hall–Kier alpha value is -0.720. The van der Waals surface area contributed by atoms with Crippen molar-refractivity contribution in [3.63, 3.8) is 0 Å². The van der Waals surface area contributed by atoms with Crippen molar-refractivity contribution in [2.45, 2.75) is 6.42 Å². The van der Waals surface area contributed by atoms with Gasteiger partial charge >= 0.3 is 5.97 Å². The topological polar surface area (TPSA) is 39.2 Å². The first-order valence-electron chi connectivity index (χ1n) is 4.46. The lowest BCUT2D eigenvalue weighted by Crippen LogP contribution is -2.03. The Kier molecular flexibility index (Phi) is 3.73. The van der Waals surface area contributed by atoms with Crippen LogP contribution in [0, 0.1) is 0 Å². The molecule has 0 aromatic carbocycles. The van der Waals surface area contributed by atoms with Gasteiger partial charge < -0.3 is 4.74 Å². The summed E-state index contributed by atoms with van der Waals surface area (Å²) in [5.74, 6) is -0.256. The van der Waals surface area contributed by atoms with Crippen molar-refractivity contribution >= 4 is 44.6 Å². The van der Waals surface area contributed by atoms with E-state index in [1.165, 1.54) is 18.4 Å². The first kappa shape index (κ1) is 11.8. The zero-order valence-electron chi connectivity index (χ0n) is 8.40. The molecule has 0 radical (unpaired) electrons. The molecule has 0 amide bonds. The van der Waals surface area contributed by atoms with Gasteiger partial charge in [-0.2, -0.15) is 0 Å². The van der Waals surface area contributed by atoms with Crippen LogP contribution in [0.2, 0.25) is 0 Å². The summed E-state index contributed by atoms with van der Waals surface area (Å²) in [6, 6.07) is 3.99. The lowest BCUT2D eigenvalue weighted by atomic mass is 10.4. The van der Waals surface area contributed by atoms with Gasteiger partial charge in [0.25, 0.3) is 0 Å². The highest BCUT2D eigenvalue weighted by Crippen LogP contribution is 2.31. The number of rotatable bonds is 3. The van der Waals surface area contributed by atoms with Crippen molar-refractivity contribution in [3.8, 4) is 10.6 Å². The summed E-state index contributed by atoms with van der Waals surface area (Å²) in [6.07, 6.45) is 0.244. The molecule has 0 aliphatic carbocycles. The van der Waals surface area contributed by atoms with E-state index in [0.29, 0.717) is 0 Å². The number of halogens is 1. The van der Waals surface area contributed by atoms with Crippen LogP contribution in [-0.2, 0) is 16.0 Å². The average Bonchev–Trinajstić information content (AvgIpc) is 2.87. The number of esters is 1. The zero-order chi connectivity index (χ0) is 11.5. The zero-order valence-corrected chi connectivity index (χ0v) is 11.6. The van der Waals surface area contributed by atoms with Crippen LogP contribution in [0.5, 0.6) is 0 Å². The quantitative estimate of drug-likeness (QED) is 0.815. The van der Waals surface area contributed by atoms with Crippen molar-refractivity contribution in [2.75, 3.05) is 7.11 Å². The van der Waals surface area contributed by atoms with Gasteiger partial charge in [0, 0.05) is 5.38 Å². The smallest absolute Gasteiger partial charge is 0.312 e. The molecule has 0 fully saturated rings. The Labute approximate surface area is 109 Å².